The van der Waals surface area contributed by atoms with Crippen LogP contribution in [-0.4, -0.2) is 39.9 Å². The maximum absolute atomic E-state index is 13.1. The predicted molar refractivity (Wildman–Crippen MR) is 144 cm³/mol. The highest BCUT2D eigenvalue weighted by Gasteiger charge is 2.22. The summed E-state index contributed by atoms with van der Waals surface area (Å²) in [6, 6.07) is 6.95. The highest BCUT2D eigenvalue weighted by atomic mass is 32.2. The Morgan fingerprint density at radius 1 is 1.08 bits per heavy atom. The molecule has 0 aliphatic rings. The van der Waals surface area contributed by atoms with Crippen molar-refractivity contribution in [1.82, 2.24) is 24.8 Å². The molecule has 1 aromatic carbocycles. The summed E-state index contributed by atoms with van der Waals surface area (Å²) in [5.41, 5.74) is 2.86. The first-order chi connectivity index (χ1) is 17.4. The van der Waals surface area contributed by atoms with E-state index in [4.69, 9.17) is 0 Å². The highest BCUT2D eigenvalue weighted by Crippen LogP contribution is 2.29. The van der Waals surface area contributed by atoms with Gasteiger partial charge in [0.15, 0.2) is 4.21 Å². The molecule has 0 bridgehead atoms. The Bertz CT molecular complexity index is 1660. The van der Waals surface area contributed by atoms with Crippen LogP contribution in [0.2, 0.25) is 0 Å². The van der Waals surface area contributed by atoms with E-state index in [0.29, 0.717) is 44.1 Å². The molecular formula is C25H28N6O4S2. The van der Waals surface area contributed by atoms with Crippen LogP contribution in [0.25, 0.3) is 22.0 Å². The van der Waals surface area contributed by atoms with E-state index in [-0.39, 0.29) is 34.7 Å². The maximum Gasteiger partial charge on any atom is 0.273 e. The average Bonchev–Trinajstić information content (AvgIpc) is 3.18. The Kier molecular flexibility index (Phi) is 7.42. The van der Waals surface area contributed by atoms with Gasteiger partial charge in [-0.2, -0.15) is 0 Å². The molecular weight excluding hydrogens is 512 g/mol. The van der Waals surface area contributed by atoms with Crippen LogP contribution in [0.1, 0.15) is 36.7 Å². The van der Waals surface area contributed by atoms with Crippen molar-refractivity contribution in [2.24, 2.45) is 0 Å². The molecule has 0 spiro atoms. The third-order valence-corrected chi connectivity index (χ3v) is 8.67. The lowest BCUT2D eigenvalue weighted by atomic mass is 10.0. The molecule has 3 aromatic heterocycles. The van der Waals surface area contributed by atoms with Gasteiger partial charge in [0.2, 0.25) is 5.91 Å². The quantitative estimate of drug-likeness (QED) is 0.349. The third kappa shape index (κ3) is 5.86. The van der Waals surface area contributed by atoms with Crippen molar-refractivity contribution in [1.29, 1.82) is 0 Å². The van der Waals surface area contributed by atoms with Crippen molar-refractivity contribution in [2.75, 3.05) is 4.72 Å². The number of hydrogen-bond donors (Lipinski definition) is 2. The van der Waals surface area contributed by atoms with E-state index in [9.17, 15) is 18.0 Å². The van der Waals surface area contributed by atoms with E-state index in [0.717, 1.165) is 11.3 Å². The van der Waals surface area contributed by atoms with Crippen molar-refractivity contribution >= 4 is 43.9 Å². The van der Waals surface area contributed by atoms with E-state index in [1.54, 1.807) is 51.2 Å². The zero-order valence-corrected chi connectivity index (χ0v) is 22.8. The molecule has 0 atom stereocenters. The van der Waals surface area contributed by atoms with Crippen LogP contribution < -0.4 is 15.6 Å². The van der Waals surface area contributed by atoms with E-state index in [1.807, 2.05) is 13.8 Å². The number of carbonyl (C=O) groups excluding carboxylic acids is 1. The molecule has 3 heterocycles. The summed E-state index contributed by atoms with van der Waals surface area (Å²) in [6.07, 6.45) is 3.23. The number of sulfonamides is 1. The molecule has 194 valence electrons. The minimum Gasteiger partial charge on any atom is -0.354 e. The van der Waals surface area contributed by atoms with Gasteiger partial charge in [0.1, 0.15) is 0 Å². The second-order valence-electron chi connectivity index (χ2n) is 9.02. The van der Waals surface area contributed by atoms with Gasteiger partial charge in [-0.15, -0.1) is 11.3 Å². The SMILES string of the molecule is Cc1nc(C)c(S(=O)(=O)Nc2cc(-c3ccc4ncn(CCC(=O)NC(C)C)c(=O)c4c3)cnc2C)s1. The second-order valence-corrected chi connectivity index (χ2v) is 12.1. The normalized spacial score (nSPS) is 11.7. The topological polar surface area (TPSA) is 136 Å². The molecule has 0 saturated heterocycles. The van der Waals surface area contributed by atoms with Gasteiger partial charge in [0, 0.05) is 30.8 Å². The average molecular weight is 541 g/mol. The molecule has 1 amide bonds. The Morgan fingerprint density at radius 3 is 2.51 bits per heavy atom. The van der Waals surface area contributed by atoms with Gasteiger partial charge in [0.05, 0.1) is 39.3 Å². The number of rotatable bonds is 8. The first kappa shape index (κ1) is 26.4. The maximum atomic E-state index is 13.1. The fourth-order valence-electron chi connectivity index (χ4n) is 3.86. The van der Waals surface area contributed by atoms with E-state index < -0.39 is 10.0 Å². The minimum atomic E-state index is -3.84. The number of aromatic nitrogens is 4. The number of thiazole rings is 1. The number of carbonyl (C=O) groups is 1. The van der Waals surface area contributed by atoms with Gasteiger partial charge in [-0.3, -0.25) is 23.9 Å². The molecule has 37 heavy (non-hydrogen) atoms. The number of anilines is 1. The monoisotopic (exact) mass is 540 g/mol. The summed E-state index contributed by atoms with van der Waals surface area (Å²) < 4.78 is 30.2. The van der Waals surface area contributed by atoms with Gasteiger partial charge in [-0.05, 0) is 58.4 Å². The predicted octanol–water partition coefficient (Wildman–Crippen LogP) is 3.56. The molecule has 4 aromatic rings. The zero-order chi connectivity index (χ0) is 26.9. The number of benzene rings is 1. The summed E-state index contributed by atoms with van der Waals surface area (Å²) in [6.45, 7) is 9.09. The summed E-state index contributed by atoms with van der Waals surface area (Å²) in [7, 11) is -3.84. The molecule has 12 heteroatoms. The fraction of sp³-hybridized carbons (Fsp3) is 0.320. The van der Waals surface area contributed by atoms with Gasteiger partial charge in [-0.25, -0.2) is 18.4 Å². The summed E-state index contributed by atoms with van der Waals surface area (Å²) in [4.78, 5) is 38.1. The Balaban J connectivity index is 1.65. The first-order valence-electron chi connectivity index (χ1n) is 11.7. The lowest BCUT2D eigenvalue weighted by Gasteiger charge is -2.12. The summed E-state index contributed by atoms with van der Waals surface area (Å²) in [5, 5.41) is 3.86. The van der Waals surface area contributed by atoms with Crippen LogP contribution in [0.15, 0.2) is 45.8 Å². The number of nitrogens with zero attached hydrogens (tertiary/aromatic N) is 4. The molecule has 0 fully saturated rings. The van der Waals surface area contributed by atoms with Crippen molar-refractivity contribution in [2.45, 2.75) is 57.8 Å². The third-order valence-electron chi connectivity index (χ3n) is 5.62. The number of hydrogen-bond acceptors (Lipinski definition) is 8. The molecule has 0 aliphatic carbocycles. The number of pyridine rings is 1. The van der Waals surface area contributed by atoms with Crippen LogP contribution in [0.3, 0.4) is 0 Å². The van der Waals surface area contributed by atoms with Gasteiger partial charge in [-0.1, -0.05) is 6.07 Å². The van der Waals surface area contributed by atoms with E-state index in [2.05, 4.69) is 25.0 Å². The second kappa shape index (κ2) is 10.4. The van der Waals surface area contributed by atoms with Crippen LogP contribution in [-0.2, 0) is 21.4 Å². The molecule has 0 aliphatic heterocycles. The number of nitrogens with one attached hydrogen (secondary N) is 2. The minimum absolute atomic E-state index is 0.0223. The smallest absolute Gasteiger partial charge is 0.273 e. The molecule has 2 N–H and O–H groups in total. The number of amides is 1. The van der Waals surface area contributed by atoms with Gasteiger partial charge < -0.3 is 5.32 Å². The van der Waals surface area contributed by atoms with Crippen molar-refractivity contribution in [3.63, 3.8) is 0 Å². The van der Waals surface area contributed by atoms with Gasteiger partial charge >= 0.3 is 0 Å². The van der Waals surface area contributed by atoms with Crippen LogP contribution >= 0.6 is 11.3 Å². The summed E-state index contributed by atoms with van der Waals surface area (Å²) in [5.74, 6) is -0.139. The molecule has 4 rings (SSSR count). The van der Waals surface area contributed by atoms with Crippen molar-refractivity contribution in [3.05, 3.63) is 63.5 Å². The van der Waals surface area contributed by atoms with Crippen LogP contribution in [0.5, 0.6) is 0 Å². The first-order valence-corrected chi connectivity index (χ1v) is 14.0. The summed E-state index contributed by atoms with van der Waals surface area (Å²) >= 11 is 1.11. The zero-order valence-electron chi connectivity index (χ0n) is 21.2. The number of fused-ring (bicyclic) bond motifs is 1. The van der Waals surface area contributed by atoms with Crippen LogP contribution in [0.4, 0.5) is 5.69 Å². The Labute approximate surface area is 218 Å². The van der Waals surface area contributed by atoms with Gasteiger partial charge in [0.25, 0.3) is 15.6 Å². The van der Waals surface area contributed by atoms with E-state index in [1.165, 1.54) is 10.9 Å². The number of aryl methyl sites for hydroxylation is 4. The van der Waals surface area contributed by atoms with Crippen molar-refractivity contribution < 1.29 is 13.2 Å². The lowest BCUT2D eigenvalue weighted by Crippen LogP contribution is -2.32. The fourth-order valence-corrected chi connectivity index (χ4v) is 6.45. The van der Waals surface area contributed by atoms with Crippen molar-refractivity contribution in [3.8, 4) is 11.1 Å². The molecule has 0 saturated carbocycles. The lowest BCUT2D eigenvalue weighted by molar-refractivity contribution is -0.121. The largest absolute Gasteiger partial charge is 0.354 e. The van der Waals surface area contributed by atoms with Crippen LogP contribution in [0, 0.1) is 20.8 Å². The van der Waals surface area contributed by atoms with E-state index >= 15 is 0 Å². The molecule has 0 unspecified atom stereocenters. The Morgan fingerprint density at radius 2 is 1.84 bits per heavy atom. The highest BCUT2D eigenvalue weighted by molar-refractivity contribution is 7.94. The molecule has 0 radical (unpaired) electrons. The molecule has 10 nitrogen and oxygen atoms in total. The standard InChI is InChI=1S/C25H28N6O4S2/c1-14(2)28-23(32)8-9-31-13-27-21-7-6-18(10-20(21)24(31)33)19-11-22(15(3)26-12-19)30-37(34,35)25-16(4)29-17(5)36-25/h6-7,10-14,30H,8-9H2,1-5H3,(H,28,32). The Hall–Kier alpha value is -3.64.